The topological polar surface area (TPSA) is 185 Å². The molecule has 10 nitrogen and oxygen atoms in total. The van der Waals surface area contributed by atoms with Crippen LogP contribution in [0.25, 0.3) is 11.1 Å². The minimum absolute atomic E-state index is 0.101. The molecule has 0 unspecified atom stereocenters. The maximum atomic E-state index is 13.0. The molecule has 0 aliphatic carbocycles. The van der Waals surface area contributed by atoms with Gasteiger partial charge in [0.15, 0.2) is 11.4 Å². The summed E-state index contributed by atoms with van der Waals surface area (Å²) in [5.74, 6) is 0.120. The highest BCUT2D eigenvalue weighted by molar-refractivity contribution is 7.89. The number of nitrogens with one attached hydrogen (secondary N) is 1. The number of pyridine rings is 1. The van der Waals surface area contributed by atoms with Gasteiger partial charge in [-0.15, -0.1) is 10.2 Å². The molecule has 3 aromatic rings. The number of nitrogens with two attached hydrogens (primary N) is 1. The Morgan fingerprint density at radius 2 is 1.42 bits per heavy atom. The van der Waals surface area contributed by atoms with Crippen LogP contribution in [0.1, 0.15) is 50.9 Å². The highest BCUT2D eigenvalue weighted by Gasteiger charge is 2.26. The van der Waals surface area contributed by atoms with Crippen LogP contribution in [-0.4, -0.2) is 14.3 Å². The second kappa shape index (κ2) is 13.0. The van der Waals surface area contributed by atoms with E-state index in [1.54, 1.807) is 0 Å². The lowest BCUT2D eigenvalue weighted by molar-refractivity contribution is -2.00. The Hall–Kier alpha value is -2.61. The van der Waals surface area contributed by atoms with Crippen molar-refractivity contribution >= 4 is 33.2 Å². The first-order valence-corrected chi connectivity index (χ1v) is 14.5. The first-order valence-electron chi connectivity index (χ1n) is 11.3. The zero-order valence-electron chi connectivity index (χ0n) is 21.2. The lowest BCUT2D eigenvalue weighted by atomic mass is 9.97. The molecule has 0 saturated heterocycles. The third kappa shape index (κ3) is 9.61. The van der Waals surface area contributed by atoms with E-state index < -0.39 is 20.3 Å². The Kier molecular flexibility index (Phi) is 10.8. The summed E-state index contributed by atoms with van der Waals surface area (Å²) in [5, 5.41) is 8.04. The number of hydrogen-bond donors (Lipinski definition) is 2. The molecule has 0 atom stereocenters. The number of amides is 1. The smallest absolute Gasteiger partial charge is 0.290 e. The molecular weight excluding hydrogens is 557 g/mol. The molecule has 0 bridgehead atoms. The summed E-state index contributed by atoms with van der Waals surface area (Å²) < 4.78 is 59.1. The molecule has 0 aliphatic heterocycles. The van der Waals surface area contributed by atoms with Gasteiger partial charge in [-0.2, -0.15) is 4.57 Å². The second-order valence-electron chi connectivity index (χ2n) is 8.97. The van der Waals surface area contributed by atoms with Gasteiger partial charge in [-0.1, -0.05) is 69.6 Å². The Balaban J connectivity index is 0.000000926. The van der Waals surface area contributed by atoms with Gasteiger partial charge in [0.05, 0.1) is 15.6 Å². The van der Waals surface area contributed by atoms with Gasteiger partial charge in [0.25, 0.3) is 5.91 Å². The van der Waals surface area contributed by atoms with Gasteiger partial charge in [0.1, 0.15) is 0 Å². The number of halogens is 2. The number of rotatable bonds is 7. The summed E-state index contributed by atoms with van der Waals surface area (Å²) >= 11 is 6.19. The van der Waals surface area contributed by atoms with E-state index in [9.17, 15) is 13.2 Å². The monoisotopic (exact) mass is 585 g/mol. The van der Waals surface area contributed by atoms with Gasteiger partial charge in [0, 0.05) is 24.0 Å². The highest BCUT2D eigenvalue weighted by atomic mass is 35.7. The average molecular weight is 586 g/mol. The molecule has 2 aromatic carbocycles. The number of carbonyl (C=O) groups is 1. The zero-order chi connectivity index (χ0) is 28.8. The van der Waals surface area contributed by atoms with Crippen molar-refractivity contribution in [1.29, 1.82) is 0 Å². The van der Waals surface area contributed by atoms with Gasteiger partial charge in [-0.3, -0.25) is 4.79 Å². The van der Waals surface area contributed by atoms with Crippen LogP contribution in [0, 0.1) is 10.2 Å². The Bertz CT molecular complexity index is 1340. The van der Waals surface area contributed by atoms with Crippen LogP contribution < -0.4 is 33.7 Å². The number of anilines is 1. The van der Waals surface area contributed by atoms with E-state index >= 15 is 0 Å². The number of sulfonamides is 1. The number of aromatic nitrogens is 1. The predicted molar refractivity (Wildman–Crippen MR) is 132 cm³/mol. The van der Waals surface area contributed by atoms with Crippen molar-refractivity contribution in [1.82, 2.24) is 0 Å². The van der Waals surface area contributed by atoms with Gasteiger partial charge in [-0.25, -0.2) is 32.2 Å². The third-order valence-corrected chi connectivity index (χ3v) is 6.59. The fraction of sp³-hybridized carbons (Fsp3) is 0.280. The fourth-order valence-corrected chi connectivity index (χ4v) is 4.54. The van der Waals surface area contributed by atoms with E-state index in [4.69, 9.17) is 35.4 Å². The Morgan fingerprint density at radius 1 is 0.921 bits per heavy atom. The van der Waals surface area contributed by atoms with Gasteiger partial charge >= 0.3 is 0 Å². The molecular formula is C25H29Cl2N3O7S. The number of benzene rings is 2. The lowest BCUT2D eigenvalue weighted by Crippen LogP contribution is -2.68. The third-order valence-electron chi connectivity index (χ3n) is 5.37. The van der Waals surface area contributed by atoms with E-state index in [1.807, 2.05) is 22.8 Å². The number of hydrogen-bond acceptors (Lipinski definition) is 7. The number of primary sulfonamides is 1. The second-order valence-corrected chi connectivity index (χ2v) is 11.7. The molecule has 0 fully saturated rings. The fourth-order valence-electron chi connectivity index (χ4n) is 3.71. The summed E-state index contributed by atoms with van der Waals surface area (Å²) in [4.78, 5) is 12.9. The van der Waals surface area contributed by atoms with Gasteiger partial charge in [-0.05, 0) is 29.3 Å². The van der Waals surface area contributed by atoms with Crippen molar-refractivity contribution < 1.29 is 46.7 Å². The van der Waals surface area contributed by atoms with Crippen LogP contribution in [0.15, 0.2) is 65.6 Å². The van der Waals surface area contributed by atoms with Crippen LogP contribution in [0.4, 0.5) is 5.69 Å². The van der Waals surface area contributed by atoms with Crippen molar-refractivity contribution in [3.8, 4) is 11.1 Å². The molecule has 3 N–H and O–H groups in total. The van der Waals surface area contributed by atoms with Crippen molar-refractivity contribution in [2.75, 3.05) is 5.32 Å². The normalized spacial score (nSPS) is 11.8. The molecule has 13 heteroatoms. The zero-order valence-corrected chi connectivity index (χ0v) is 23.5. The largest absolute Gasteiger partial charge is 0.319 e. The minimum atomic E-state index is -4.94. The average Bonchev–Trinajstić information content (AvgIpc) is 2.79. The molecule has 0 aliphatic rings. The van der Waals surface area contributed by atoms with E-state index in [0.29, 0.717) is 5.69 Å². The van der Waals surface area contributed by atoms with Crippen molar-refractivity contribution in [2.24, 2.45) is 5.14 Å². The Morgan fingerprint density at radius 3 is 1.84 bits per heavy atom. The number of nitrogens with zero attached hydrogens (tertiary/aromatic N) is 1. The minimum Gasteiger partial charge on any atom is -0.319 e. The van der Waals surface area contributed by atoms with E-state index in [2.05, 4.69) is 57.3 Å². The van der Waals surface area contributed by atoms with E-state index in [1.165, 1.54) is 18.2 Å². The maximum Gasteiger partial charge on any atom is 0.290 e. The summed E-state index contributed by atoms with van der Waals surface area (Å²) in [5.41, 5.74) is 4.66. The maximum absolute atomic E-state index is 13.0. The van der Waals surface area contributed by atoms with Crippen LogP contribution in [0.2, 0.25) is 5.02 Å². The molecule has 1 heterocycles. The van der Waals surface area contributed by atoms with Crippen LogP contribution >= 0.6 is 11.6 Å². The molecule has 0 radical (unpaired) electrons. The lowest BCUT2D eigenvalue weighted by Gasteiger charge is -2.17. The Labute approximate surface area is 229 Å². The molecule has 3 rings (SSSR count). The summed E-state index contributed by atoms with van der Waals surface area (Å²) in [6.07, 6.45) is 0. The molecule has 38 heavy (non-hydrogen) atoms. The summed E-state index contributed by atoms with van der Waals surface area (Å²) in [6.45, 7) is 8.51. The van der Waals surface area contributed by atoms with Crippen molar-refractivity contribution in [2.45, 2.75) is 51.0 Å². The van der Waals surface area contributed by atoms with E-state index in [-0.39, 0.29) is 34.2 Å². The summed E-state index contributed by atoms with van der Waals surface area (Å²) in [7, 11) is -8.82. The molecule has 206 valence electrons. The van der Waals surface area contributed by atoms with Crippen LogP contribution in [0.3, 0.4) is 0 Å². The standard InChI is InChI=1S/C25H28ClN3O3S.ClHO4/c1-16(2)23-12-19(18-8-6-5-7-9-18)13-24(17(3)4)29(23)15-25(30)28-22-11-10-20(14-21(22)26)33(27,31)32;2-1(3,4)5/h5-14,16-17H,15H2,1-4H3,(H2-,27,28,30,31,32);(H,2,3,4,5). The number of carbonyl (C=O) groups excluding carboxylic acids is 1. The predicted octanol–water partition coefficient (Wildman–Crippen LogP) is 0.0714. The molecule has 0 spiro atoms. The SMILES string of the molecule is CC(C)c1cc(-c2ccccc2)cc(C(C)C)[n+]1CC(=O)Nc1ccc(S(N)(=O)=O)cc1Cl.[O-][Cl+3]([O-])([O-])[O-]. The van der Waals surface area contributed by atoms with Crippen molar-refractivity contribution in [3.63, 3.8) is 0 Å². The van der Waals surface area contributed by atoms with Crippen LogP contribution in [0.5, 0.6) is 0 Å². The first-order chi connectivity index (χ1) is 17.5. The molecule has 1 aromatic heterocycles. The first kappa shape index (κ1) is 31.6. The van der Waals surface area contributed by atoms with E-state index in [0.717, 1.165) is 22.5 Å². The summed E-state index contributed by atoms with van der Waals surface area (Å²) in [6, 6.07) is 18.4. The molecule has 0 saturated carbocycles. The van der Waals surface area contributed by atoms with Crippen molar-refractivity contribution in [3.05, 3.63) is 77.1 Å². The quantitative estimate of drug-likeness (QED) is 0.367. The van der Waals surface area contributed by atoms with Gasteiger partial charge in [0.2, 0.25) is 16.6 Å². The molecule has 1 amide bonds. The highest BCUT2D eigenvalue weighted by Crippen LogP contribution is 2.27. The van der Waals surface area contributed by atoms with Gasteiger partial charge < -0.3 is 5.32 Å². The van der Waals surface area contributed by atoms with Crippen LogP contribution in [-0.2, 0) is 21.4 Å².